The number of nitrogens with one attached hydrogen (secondary N) is 1. The summed E-state index contributed by atoms with van der Waals surface area (Å²) in [5.74, 6) is 2.24. The molecule has 0 saturated carbocycles. The molecule has 1 aromatic heterocycles. The maximum absolute atomic E-state index is 11.3. The van der Waals surface area contributed by atoms with Crippen LogP contribution in [-0.2, 0) is 13.0 Å². The molecular formula is C9H11N3O2. The predicted molar refractivity (Wildman–Crippen MR) is 52.9 cm³/mol. The average molecular weight is 193 g/mol. The van der Waals surface area contributed by atoms with Gasteiger partial charge in [0, 0.05) is 18.2 Å². The van der Waals surface area contributed by atoms with Gasteiger partial charge in [-0.3, -0.25) is 4.79 Å². The van der Waals surface area contributed by atoms with Crippen LogP contribution < -0.4 is 17.0 Å². The van der Waals surface area contributed by atoms with Gasteiger partial charge in [0.2, 0.25) is 0 Å². The van der Waals surface area contributed by atoms with E-state index in [1.54, 1.807) is 0 Å². The summed E-state index contributed by atoms with van der Waals surface area (Å²) in [5.41, 5.74) is 4.95. The molecule has 14 heavy (non-hydrogen) atoms. The minimum absolute atomic E-state index is 0.0168. The normalized spacial score (nSPS) is 9.71. The van der Waals surface area contributed by atoms with Crippen molar-refractivity contribution in [3.05, 3.63) is 32.6 Å². The Hall–Kier alpha value is -1.80. The fourth-order valence-electron chi connectivity index (χ4n) is 1.10. The van der Waals surface area contributed by atoms with Crippen LogP contribution in [0.2, 0.25) is 0 Å². The van der Waals surface area contributed by atoms with Gasteiger partial charge in [0.05, 0.1) is 6.54 Å². The molecule has 0 radical (unpaired) electrons. The summed E-state index contributed by atoms with van der Waals surface area (Å²) in [7, 11) is 0. The van der Waals surface area contributed by atoms with E-state index in [0.29, 0.717) is 18.7 Å². The standard InChI is InChI=1S/C9H11N3O2/c1-2-5-12-8(13)6-7(3-4-10)11-9(12)14/h1,6H,3-5,10H2,(H,11,14). The van der Waals surface area contributed by atoms with Crippen molar-refractivity contribution in [1.29, 1.82) is 0 Å². The minimum Gasteiger partial charge on any atom is -0.330 e. The van der Waals surface area contributed by atoms with Gasteiger partial charge in [-0.2, -0.15) is 0 Å². The van der Waals surface area contributed by atoms with Crippen molar-refractivity contribution in [2.75, 3.05) is 6.54 Å². The largest absolute Gasteiger partial charge is 0.330 e. The molecule has 1 rings (SSSR count). The van der Waals surface area contributed by atoms with Gasteiger partial charge in [-0.1, -0.05) is 5.92 Å². The minimum atomic E-state index is -0.487. The van der Waals surface area contributed by atoms with Crippen molar-refractivity contribution in [2.24, 2.45) is 5.73 Å². The number of hydrogen-bond acceptors (Lipinski definition) is 3. The highest BCUT2D eigenvalue weighted by Crippen LogP contribution is 1.85. The highest BCUT2D eigenvalue weighted by atomic mass is 16.2. The lowest BCUT2D eigenvalue weighted by Crippen LogP contribution is -2.35. The lowest BCUT2D eigenvalue weighted by Gasteiger charge is -2.01. The molecule has 0 aliphatic heterocycles. The van der Waals surface area contributed by atoms with Gasteiger partial charge < -0.3 is 10.7 Å². The van der Waals surface area contributed by atoms with Crippen LogP contribution in [0, 0.1) is 12.3 Å². The van der Waals surface area contributed by atoms with Crippen LogP contribution in [0.1, 0.15) is 5.69 Å². The molecule has 0 aliphatic carbocycles. The molecule has 0 aliphatic rings. The Balaban J connectivity index is 3.20. The van der Waals surface area contributed by atoms with E-state index < -0.39 is 11.2 Å². The number of nitrogens with zero attached hydrogens (tertiary/aromatic N) is 1. The first kappa shape index (κ1) is 10.3. The first-order chi connectivity index (χ1) is 6.69. The fourth-order valence-corrected chi connectivity index (χ4v) is 1.10. The summed E-state index contributed by atoms with van der Waals surface area (Å²) >= 11 is 0. The van der Waals surface area contributed by atoms with E-state index in [0.717, 1.165) is 4.57 Å². The smallest absolute Gasteiger partial charge is 0.329 e. The molecule has 1 aromatic rings. The zero-order chi connectivity index (χ0) is 10.6. The summed E-state index contributed by atoms with van der Waals surface area (Å²) < 4.78 is 0.958. The van der Waals surface area contributed by atoms with E-state index in [1.807, 2.05) is 0 Å². The number of rotatable bonds is 3. The van der Waals surface area contributed by atoms with Crippen LogP contribution in [0.4, 0.5) is 0 Å². The second-order valence-electron chi connectivity index (χ2n) is 2.77. The summed E-state index contributed by atoms with van der Waals surface area (Å²) in [4.78, 5) is 25.2. The van der Waals surface area contributed by atoms with Crippen molar-refractivity contribution in [3.8, 4) is 12.3 Å². The van der Waals surface area contributed by atoms with Gasteiger partial charge in [0.1, 0.15) is 0 Å². The molecule has 0 amide bonds. The van der Waals surface area contributed by atoms with Crippen LogP contribution in [0.15, 0.2) is 15.7 Å². The maximum Gasteiger partial charge on any atom is 0.329 e. The Bertz CT molecular complexity index is 433. The quantitative estimate of drug-likeness (QED) is 0.584. The number of nitrogens with two attached hydrogens (primary N) is 1. The molecule has 1 heterocycles. The summed E-state index contributed by atoms with van der Waals surface area (Å²) in [6.07, 6.45) is 5.49. The highest BCUT2D eigenvalue weighted by molar-refractivity contribution is 5.01. The average Bonchev–Trinajstić information content (AvgIpc) is 2.12. The maximum atomic E-state index is 11.3. The molecule has 0 aromatic carbocycles. The Morgan fingerprint density at radius 1 is 1.57 bits per heavy atom. The van der Waals surface area contributed by atoms with Crippen LogP contribution in [0.25, 0.3) is 0 Å². The Kier molecular flexibility index (Phi) is 3.26. The molecule has 74 valence electrons. The summed E-state index contributed by atoms with van der Waals surface area (Å²) in [5, 5.41) is 0. The zero-order valence-electron chi connectivity index (χ0n) is 7.62. The zero-order valence-corrected chi connectivity index (χ0v) is 7.62. The SMILES string of the molecule is C#CCn1c(=O)cc(CCN)[nH]c1=O. The molecule has 0 spiro atoms. The molecule has 0 bridgehead atoms. The molecule has 0 unspecified atom stereocenters. The monoisotopic (exact) mass is 193 g/mol. The Morgan fingerprint density at radius 2 is 2.29 bits per heavy atom. The van der Waals surface area contributed by atoms with E-state index in [4.69, 9.17) is 12.2 Å². The number of aromatic amines is 1. The van der Waals surface area contributed by atoms with Crippen molar-refractivity contribution in [3.63, 3.8) is 0 Å². The third-order valence-corrected chi connectivity index (χ3v) is 1.74. The molecule has 0 saturated heterocycles. The number of H-pyrrole nitrogens is 1. The third-order valence-electron chi connectivity index (χ3n) is 1.74. The number of aromatic nitrogens is 2. The summed E-state index contributed by atoms with van der Waals surface area (Å²) in [6, 6.07) is 1.34. The van der Waals surface area contributed by atoms with Gasteiger partial charge in [-0.15, -0.1) is 6.42 Å². The van der Waals surface area contributed by atoms with Gasteiger partial charge in [-0.05, 0) is 6.54 Å². The van der Waals surface area contributed by atoms with Gasteiger partial charge >= 0.3 is 5.69 Å². The molecule has 0 atom stereocenters. The van der Waals surface area contributed by atoms with Gasteiger partial charge in [0.25, 0.3) is 5.56 Å². The van der Waals surface area contributed by atoms with Crippen molar-refractivity contribution in [1.82, 2.24) is 9.55 Å². The predicted octanol–water partition coefficient (Wildman–Crippen LogP) is -1.33. The molecule has 3 N–H and O–H groups in total. The van der Waals surface area contributed by atoms with Crippen LogP contribution >= 0.6 is 0 Å². The molecule has 5 nitrogen and oxygen atoms in total. The highest BCUT2D eigenvalue weighted by Gasteiger charge is 2.01. The van der Waals surface area contributed by atoms with E-state index in [1.165, 1.54) is 6.07 Å². The Morgan fingerprint density at radius 3 is 2.79 bits per heavy atom. The second kappa shape index (κ2) is 4.44. The first-order valence-corrected chi connectivity index (χ1v) is 4.15. The lowest BCUT2D eigenvalue weighted by atomic mass is 10.3. The lowest BCUT2D eigenvalue weighted by molar-refractivity contribution is 0.708. The van der Waals surface area contributed by atoms with Crippen molar-refractivity contribution >= 4 is 0 Å². The molecular weight excluding hydrogens is 182 g/mol. The van der Waals surface area contributed by atoms with Crippen LogP contribution in [-0.4, -0.2) is 16.1 Å². The first-order valence-electron chi connectivity index (χ1n) is 4.15. The second-order valence-corrected chi connectivity index (χ2v) is 2.77. The van der Waals surface area contributed by atoms with Crippen LogP contribution in [0.5, 0.6) is 0 Å². The van der Waals surface area contributed by atoms with Crippen molar-refractivity contribution < 1.29 is 0 Å². The molecule has 5 heteroatoms. The summed E-state index contributed by atoms with van der Waals surface area (Å²) in [6.45, 7) is 0.367. The van der Waals surface area contributed by atoms with E-state index in [9.17, 15) is 9.59 Å². The number of terminal acetylenes is 1. The van der Waals surface area contributed by atoms with E-state index in [2.05, 4.69) is 10.9 Å². The topological polar surface area (TPSA) is 80.9 Å². The van der Waals surface area contributed by atoms with Gasteiger partial charge in [-0.25, -0.2) is 9.36 Å². The fraction of sp³-hybridized carbons (Fsp3) is 0.333. The van der Waals surface area contributed by atoms with Crippen molar-refractivity contribution in [2.45, 2.75) is 13.0 Å². The van der Waals surface area contributed by atoms with E-state index >= 15 is 0 Å². The van der Waals surface area contributed by atoms with Crippen LogP contribution in [0.3, 0.4) is 0 Å². The van der Waals surface area contributed by atoms with Gasteiger partial charge in [0.15, 0.2) is 0 Å². The Labute approximate surface area is 80.6 Å². The third kappa shape index (κ3) is 2.12. The molecule has 0 fully saturated rings. The van der Waals surface area contributed by atoms with E-state index in [-0.39, 0.29) is 6.54 Å². The number of hydrogen-bond donors (Lipinski definition) is 2.